The predicted molar refractivity (Wildman–Crippen MR) is 103 cm³/mol. The molecule has 9 heteroatoms. The fourth-order valence-corrected chi connectivity index (χ4v) is 2.28. The van der Waals surface area contributed by atoms with Crippen LogP contribution in [-0.4, -0.2) is 22.4 Å². The largest absolute Gasteiger partial charge is 0.325 e. The Bertz CT molecular complexity index is 881. The molecule has 0 saturated heterocycles. The molecule has 0 spiro atoms. The van der Waals surface area contributed by atoms with Gasteiger partial charge in [-0.2, -0.15) is 5.10 Å². The zero-order valence-electron chi connectivity index (χ0n) is 14.4. The van der Waals surface area contributed by atoms with Crippen LogP contribution in [0.1, 0.15) is 25.3 Å². The number of hydrogen-bond donors (Lipinski definition) is 2. The number of carbonyl (C=O) groups excluding carboxylic acids is 2. The first-order valence-electron chi connectivity index (χ1n) is 7.99. The molecule has 0 aliphatic heterocycles. The van der Waals surface area contributed by atoms with Crippen LogP contribution in [0.5, 0.6) is 0 Å². The molecule has 0 radical (unpaired) electrons. The lowest BCUT2D eigenvalue weighted by molar-refractivity contribution is -0.384. The lowest BCUT2D eigenvalue weighted by Gasteiger charge is -2.06. The molecule has 0 atom stereocenters. The smallest absolute Gasteiger partial charge is 0.269 e. The van der Waals surface area contributed by atoms with Crippen LogP contribution in [-0.2, 0) is 9.59 Å². The van der Waals surface area contributed by atoms with Gasteiger partial charge in [0.05, 0.1) is 21.3 Å². The van der Waals surface area contributed by atoms with Gasteiger partial charge in [0.2, 0.25) is 11.8 Å². The van der Waals surface area contributed by atoms with Crippen LogP contribution in [0.4, 0.5) is 11.4 Å². The average Bonchev–Trinajstić information content (AvgIpc) is 2.66. The molecular formula is C18H17ClN4O4. The number of hydrogen-bond acceptors (Lipinski definition) is 5. The number of amides is 2. The van der Waals surface area contributed by atoms with Crippen molar-refractivity contribution in [2.45, 2.75) is 19.8 Å². The van der Waals surface area contributed by atoms with Crippen LogP contribution >= 0.6 is 11.6 Å². The fraction of sp³-hybridized carbons (Fsp3) is 0.167. The molecule has 0 fully saturated rings. The second kappa shape index (κ2) is 9.44. The normalized spacial score (nSPS) is 11.0. The van der Waals surface area contributed by atoms with E-state index in [4.69, 9.17) is 11.6 Å². The molecule has 140 valence electrons. The van der Waals surface area contributed by atoms with E-state index in [1.54, 1.807) is 43.3 Å². The van der Waals surface area contributed by atoms with Gasteiger partial charge in [-0.25, -0.2) is 5.43 Å². The van der Waals surface area contributed by atoms with Gasteiger partial charge >= 0.3 is 0 Å². The molecule has 8 nitrogen and oxygen atoms in total. The molecule has 0 aliphatic carbocycles. The van der Waals surface area contributed by atoms with E-state index in [2.05, 4.69) is 15.8 Å². The second-order valence-corrected chi connectivity index (χ2v) is 5.97. The van der Waals surface area contributed by atoms with Gasteiger partial charge in [0.15, 0.2) is 0 Å². The number of benzene rings is 2. The molecular weight excluding hydrogens is 372 g/mol. The third-order valence-electron chi connectivity index (χ3n) is 3.57. The summed E-state index contributed by atoms with van der Waals surface area (Å²) in [5.74, 6) is -0.764. The Kier molecular flexibility index (Phi) is 7.01. The number of nitrogens with one attached hydrogen (secondary N) is 2. The number of halogens is 1. The number of nitro groups is 1. The zero-order chi connectivity index (χ0) is 19.8. The highest BCUT2D eigenvalue weighted by atomic mass is 35.5. The molecule has 0 aromatic heterocycles. The van der Waals surface area contributed by atoms with Crippen LogP contribution in [0.25, 0.3) is 0 Å². The molecule has 2 N–H and O–H groups in total. The number of carbonyl (C=O) groups is 2. The maximum Gasteiger partial charge on any atom is 0.269 e. The van der Waals surface area contributed by atoms with Crippen LogP contribution in [0.2, 0.25) is 5.02 Å². The molecule has 0 heterocycles. The van der Waals surface area contributed by atoms with Gasteiger partial charge in [-0.3, -0.25) is 19.7 Å². The number of rotatable bonds is 7. The predicted octanol–water partition coefficient (Wildman–Crippen LogP) is 3.51. The molecule has 0 aliphatic rings. The lowest BCUT2D eigenvalue weighted by atomic mass is 10.1. The van der Waals surface area contributed by atoms with E-state index < -0.39 is 10.8 Å². The Morgan fingerprint density at radius 3 is 2.33 bits per heavy atom. The van der Waals surface area contributed by atoms with Crippen molar-refractivity contribution >= 4 is 40.5 Å². The molecule has 0 unspecified atom stereocenters. The van der Waals surface area contributed by atoms with E-state index >= 15 is 0 Å². The minimum absolute atomic E-state index is 0.0246. The third-order valence-corrected chi connectivity index (χ3v) is 3.90. The van der Waals surface area contributed by atoms with Crippen molar-refractivity contribution in [3.05, 3.63) is 69.2 Å². The molecule has 0 saturated carbocycles. The van der Waals surface area contributed by atoms with E-state index in [1.165, 1.54) is 12.1 Å². The van der Waals surface area contributed by atoms with Crippen molar-refractivity contribution in [2.75, 3.05) is 5.32 Å². The monoisotopic (exact) mass is 388 g/mol. The topological polar surface area (TPSA) is 114 Å². The molecule has 0 bridgehead atoms. The van der Waals surface area contributed by atoms with Gasteiger partial charge < -0.3 is 5.32 Å². The molecule has 2 amide bonds. The standard InChI is InChI=1S/C18H17ClN4O4/c1-12(13-6-8-14(9-7-13)23(26)27)21-22-18(25)11-10-17(24)20-16-5-3-2-4-15(16)19/h2-9H,10-11H2,1H3,(H,20,24)(H,22,25)/b21-12-. The van der Waals surface area contributed by atoms with Gasteiger partial charge in [-0.15, -0.1) is 0 Å². The Morgan fingerprint density at radius 1 is 1.07 bits per heavy atom. The number of hydrazone groups is 1. The Morgan fingerprint density at radius 2 is 1.70 bits per heavy atom. The number of non-ortho nitro benzene ring substituents is 1. The van der Waals surface area contributed by atoms with Gasteiger partial charge in [0, 0.05) is 25.0 Å². The highest BCUT2D eigenvalue weighted by molar-refractivity contribution is 6.33. The van der Waals surface area contributed by atoms with Gasteiger partial charge in [0.1, 0.15) is 0 Å². The van der Waals surface area contributed by atoms with Crippen LogP contribution in [0.15, 0.2) is 53.6 Å². The molecule has 2 aromatic rings. The van der Waals surface area contributed by atoms with Crippen LogP contribution < -0.4 is 10.7 Å². The highest BCUT2D eigenvalue weighted by Crippen LogP contribution is 2.20. The summed E-state index contributed by atoms with van der Waals surface area (Å²) in [5, 5.41) is 17.6. The number of para-hydroxylation sites is 1. The Hall–Kier alpha value is -3.26. The third kappa shape index (κ3) is 6.19. The van der Waals surface area contributed by atoms with Crippen molar-refractivity contribution in [3.8, 4) is 0 Å². The SMILES string of the molecule is C/C(=N/NC(=O)CCC(=O)Nc1ccccc1Cl)c1ccc([N+](=O)[O-])cc1. The van der Waals surface area contributed by atoms with Gasteiger partial charge in [-0.05, 0) is 36.8 Å². The van der Waals surface area contributed by atoms with Crippen molar-refractivity contribution in [1.29, 1.82) is 0 Å². The van der Waals surface area contributed by atoms with Crippen LogP contribution in [0.3, 0.4) is 0 Å². The Labute approximate surface area is 160 Å². The minimum atomic E-state index is -0.494. The van der Waals surface area contributed by atoms with E-state index in [0.717, 1.165) is 0 Å². The van der Waals surface area contributed by atoms with Gasteiger partial charge in [0.25, 0.3) is 5.69 Å². The van der Waals surface area contributed by atoms with E-state index in [9.17, 15) is 19.7 Å². The van der Waals surface area contributed by atoms with E-state index in [0.29, 0.717) is 22.0 Å². The number of nitro benzene ring substituents is 1. The van der Waals surface area contributed by atoms with E-state index in [-0.39, 0.29) is 24.4 Å². The quantitative estimate of drug-likeness (QED) is 0.429. The van der Waals surface area contributed by atoms with Crippen molar-refractivity contribution in [2.24, 2.45) is 5.10 Å². The summed E-state index contributed by atoms with van der Waals surface area (Å²) >= 11 is 5.95. The molecule has 2 aromatic carbocycles. The zero-order valence-corrected chi connectivity index (χ0v) is 15.2. The maximum atomic E-state index is 11.9. The molecule has 2 rings (SSSR count). The summed E-state index contributed by atoms with van der Waals surface area (Å²) < 4.78 is 0. The van der Waals surface area contributed by atoms with Crippen molar-refractivity contribution in [3.63, 3.8) is 0 Å². The van der Waals surface area contributed by atoms with E-state index in [1.807, 2.05) is 0 Å². The number of anilines is 1. The summed E-state index contributed by atoms with van der Waals surface area (Å²) in [7, 11) is 0. The Balaban J connectivity index is 1.82. The van der Waals surface area contributed by atoms with Crippen molar-refractivity contribution in [1.82, 2.24) is 5.43 Å². The summed E-state index contributed by atoms with van der Waals surface area (Å²) in [6.45, 7) is 1.66. The first-order valence-corrected chi connectivity index (χ1v) is 8.37. The summed E-state index contributed by atoms with van der Waals surface area (Å²) in [6, 6.07) is 12.6. The highest BCUT2D eigenvalue weighted by Gasteiger charge is 2.09. The lowest BCUT2D eigenvalue weighted by Crippen LogP contribution is -2.21. The maximum absolute atomic E-state index is 11.9. The number of nitrogens with zero attached hydrogens (tertiary/aromatic N) is 2. The summed E-state index contributed by atoms with van der Waals surface area (Å²) in [5.41, 5.74) is 3.93. The average molecular weight is 389 g/mol. The first-order chi connectivity index (χ1) is 12.9. The van der Waals surface area contributed by atoms with Crippen molar-refractivity contribution < 1.29 is 14.5 Å². The minimum Gasteiger partial charge on any atom is -0.325 e. The fourth-order valence-electron chi connectivity index (χ4n) is 2.09. The summed E-state index contributed by atoms with van der Waals surface area (Å²) in [4.78, 5) is 33.8. The first kappa shape index (κ1) is 20.1. The second-order valence-electron chi connectivity index (χ2n) is 5.56. The summed E-state index contributed by atoms with van der Waals surface area (Å²) in [6.07, 6.45) is -0.0729. The molecule has 27 heavy (non-hydrogen) atoms. The van der Waals surface area contributed by atoms with Gasteiger partial charge in [-0.1, -0.05) is 23.7 Å². The van der Waals surface area contributed by atoms with Crippen LogP contribution in [0, 0.1) is 10.1 Å².